The average Bonchev–Trinajstić information content (AvgIpc) is 2.52. The summed E-state index contributed by atoms with van der Waals surface area (Å²) < 4.78 is 13.4. The Morgan fingerprint density at radius 2 is 1.57 bits per heavy atom. The van der Waals surface area contributed by atoms with E-state index in [9.17, 15) is 14.0 Å². The van der Waals surface area contributed by atoms with E-state index in [1.807, 2.05) is 0 Å². The summed E-state index contributed by atoms with van der Waals surface area (Å²) >= 11 is 0. The van der Waals surface area contributed by atoms with Crippen LogP contribution in [0.25, 0.3) is 0 Å². The van der Waals surface area contributed by atoms with Gasteiger partial charge in [-0.2, -0.15) is 0 Å². The van der Waals surface area contributed by atoms with Gasteiger partial charge in [0.2, 0.25) is 5.91 Å². The molecule has 0 aromatic heterocycles. The molecule has 2 aromatic carbocycles. The number of nitrogens with one attached hydrogen (secondary N) is 2. The molecule has 0 saturated heterocycles. The van der Waals surface area contributed by atoms with Gasteiger partial charge in [0.1, 0.15) is 5.82 Å². The Kier molecular flexibility index (Phi) is 5.04. The second-order valence-electron chi connectivity index (χ2n) is 4.46. The van der Waals surface area contributed by atoms with Gasteiger partial charge in [0.05, 0.1) is 0 Å². The molecule has 2 aromatic rings. The van der Waals surface area contributed by atoms with Crippen molar-refractivity contribution in [2.45, 2.75) is 12.8 Å². The van der Waals surface area contributed by atoms with Crippen LogP contribution in [-0.4, -0.2) is 11.8 Å². The molecule has 4 nitrogen and oxygen atoms in total. The minimum atomic E-state index is -0.394. The first-order valence-corrected chi connectivity index (χ1v) is 6.54. The van der Waals surface area contributed by atoms with Crippen molar-refractivity contribution in [3.8, 4) is 0 Å². The topological polar surface area (TPSA) is 58.2 Å². The van der Waals surface area contributed by atoms with Crippen molar-refractivity contribution in [1.29, 1.82) is 0 Å². The number of amides is 2. The summed E-state index contributed by atoms with van der Waals surface area (Å²) in [6.45, 7) is 0. The molecular weight excluding hydrogens is 271 g/mol. The largest absolute Gasteiger partial charge is 0.273 e. The van der Waals surface area contributed by atoms with Crippen molar-refractivity contribution in [3.63, 3.8) is 0 Å². The Morgan fingerprint density at radius 1 is 0.905 bits per heavy atom. The third-order valence-electron chi connectivity index (χ3n) is 2.93. The highest BCUT2D eigenvalue weighted by molar-refractivity contribution is 5.95. The van der Waals surface area contributed by atoms with E-state index < -0.39 is 5.91 Å². The van der Waals surface area contributed by atoms with E-state index in [0.717, 1.165) is 0 Å². The maximum Gasteiger partial charge on any atom is 0.269 e. The fraction of sp³-hybridized carbons (Fsp3) is 0.125. The van der Waals surface area contributed by atoms with Crippen LogP contribution in [0.5, 0.6) is 0 Å². The highest BCUT2D eigenvalue weighted by Gasteiger charge is 2.08. The lowest BCUT2D eigenvalue weighted by atomic mass is 10.1. The van der Waals surface area contributed by atoms with Crippen molar-refractivity contribution >= 4 is 11.8 Å². The molecule has 0 saturated carbocycles. The van der Waals surface area contributed by atoms with Crippen LogP contribution in [0, 0.1) is 5.82 Å². The molecule has 21 heavy (non-hydrogen) atoms. The van der Waals surface area contributed by atoms with Crippen LogP contribution < -0.4 is 10.9 Å². The van der Waals surface area contributed by atoms with E-state index >= 15 is 0 Å². The Labute approximate surface area is 122 Å². The van der Waals surface area contributed by atoms with Gasteiger partial charge in [-0.25, -0.2) is 4.39 Å². The Bertz CT molecular complexity index is 629. The summed E-state index contributed by atoms with van der Waals surface area (Å²) in [7, 11) is 0. The van der Waals surface area contributed by atoms with Crippen LogP contribution >= 0.6 is 0 Å². The number of carbonyl (C=O) groups excluding carboxylic acids is 2. The zero-order valence-corrected chi connectivity index (χ0v) is 11.3. The Balaban J connectivity index is 1.78. The van der Waals surface area contributed by atoms with Gasteiger partial charge in [0.25, 0.3) is 5.91 Å². The maximum atomic E-state index is 13.4. The predicted molar refractivity (Wildman–Crippen MR) is 76.8 cm³/mol. The second kappa shape index (κ2) is 7.19. The molecule has 0 heterocycles. The van der Waals surface area contributed by atoms with Gasteiger partial charge < -0.3 is 0 Å². The van der Waals surface area contributed by atoms with Crippen LogP contribution in [0.2, 0.25) is 0 Å². The van der Waals surface area contributed by atoms with Gasteiger partial charge in [0, 0.05) is 12.0 Å². The number of carbonyl (C=O) groups is 2. The molecule has 0 unspecified atom stereocenters. The molecule has 0 aliphatic carbocycles. The highest BCUT2D eigenvalue weighted by atomic mass is 19.1. The summed E-state index contributed by atoms with van der Waals surface area (Å²) in [6.07, 6.45) is 0.371. The summed E-state index contributed by atoms with van der Waals surface area (Å²) in [5.41, 5.74) is 5.55. The number of hydrogen-bond donors (Lipinski definition) is 2. The van der Waals surface area contributed by atoms with E-state index in [0.29, 0.717) is 11.1 Å². The zero-order valence-electron chi connectivity index (χ0n) is 11.3. The highest BCUT2D eigenvalue weighted by Crippen LogP contribution is 2.08. The lowest BCUT2D eigenvalue weighted by molar-refractivity contribution is -0.121. The third-order valence-corrected chi connectivity index (χ3v) is 2.93. The minimum Gasteiger partial charge on any atom is -0.273 e. The van der Waals surface area contributed by atoms with Gasteiger partial charge >= 0.3 is 0 Å². The van der Waals surface area contributed by atoms with Gasteiger partial charge in [-0.05, 0) is 30.2 Å². The molecule has 108 valence electrons. The second-order valence-corrected chi connectivity index (χ2v) is 4.46. The van der Waals surface area contributed by atoms with Gasteiger partial charge in [0.15, 0.2) is 0 Å². The minimum absolute atomic E-state index is 0.0933. The lowest BCUT2D eigenvalue weighted by Gasteiger charge is -2.07. The Hall–Kier alpha value is -2.69. The summed E-state index contributed by atoms with van der Waals surface area (Å²) in [4.78, 5) is 23.3. The molecule has 0 aliphatic heterocycles. The average molecular weight is 286 g/mol. The molecule has 0 spiro atoms. The van der Waals surface area contributed by atoms with Gasteiger partial charge in [-0.15, -0.1) is 0 Å². The normalized spacial score (nSPS) is 9.95. The first-order valence-electron chi connectivity index (χ1n) is 6.54. The number of benzene rings is 2. The molecule has 2 rings (SSSR count). The van der Waals surface area contributed by atoms with Crippen molar-refractivity contribution < 1.29 is 14.0 Å². The predicted octanol–water partition coefficient (Wildman–Crippen LogP) is 2.22. The molecule has 0 radical (unpaired) electrons. The van der Waals surface area contributed by atoms with Crippen molar-refractivity contribution in [2.75, 3.05) is 0 Å². The fourth-order valence-corrected chi connectivity index (χ4v) is 1.80. The first kappa shape index (κ1) is 14.7. The quantitative estimate of drug-likeness (QED) is 0.847. The summed E-state index contributed by atoms with van der Waals surface area (Å²) in [5.74, 6) is -1.10. The summed E-state index contributed by atoms with van der Waals surface area (Å²) in [5, 5.41) is 0. The zero-order chi connectivity index (χ0) is 15.1. The van der Waals surface area contributed by atoms with E-state index in [1.54, 1.807) is 48.5 Å². The monoisotopic (exact) mass is 286 g/mol. The number of rotatable bonds is 4. The van der Waals surface area contributed by atoms with Gasteiger partial charge in [-0.1, -0.05) is 36.4 Å². The molecule has 0 fully saturated rings. The van der Waals surface area contributed by atoms with Crippen LogP contribution in [0.3, 0.4) is 0 Å². The standard InChI is InChI=1S/C16H15FN2O2/c17-14-9-5-4-6-12(14)10-11-15(20)18-19-16(21)13-7-2-1-3-8-13/h1-9H,10-11H2,(H,18,20)(H,19,21). The van der Waals surface area contributed by atoms with Crippen LogP contribution in [0.4, 0.5) is 4.39 Å². The van der Waals surface area contributed by atoms with E-state index in [1.165, 1.54) is 6.07 Å². The molecule has 0 bridgehead atoms. The smallest absolute Gasteiger partial charge is 0.269 e. The van der Waals surface area contributed by atoms with Crippen molar-refractivity contribution in [2.24, 2.45) is 0 Å². The lowest BCUT2D eigenvalue weighted by Crippen LogP contribution is -2.41. The molecule has 5 heteroatoms. The third kappa shape index (κ3) is 4.42. The number of hydrogen-bond acceptors (Lipinski definition) is 2. The molecule has 0 atom stereocenters. The van der Waals surface area contributed by atoms with Crippen LogP contribution in [0.15, 0.2) is 54.6 Å². The maximum absolute atomic E-state index is 13.4. The number of halogens is 1. The van der Waals surface area contributed by atoms with E-state index in [-0.39, 0.29) is 24.6 Å². The first-order chi connectivity index (χ1) is 10.2. The van der Waals surface area contributed by atoms with Crippen LogP contribution in [0.1, 0.15) is 22.3 Å². The number of aryl methyl sites for hydroxylation is 1. The van der Waals surface area contributed by atoms with Crippen molar-refractivity contribution in [3.05, 3.63) is 71.5 Å². The molecule has 0 aliphatic rings. The van der Waals surface area contributed by atoms with E-state index in [2.05, 4.69) is 10.9 Å². The van der Waals surface area contributed by atoms with Crippen molar-refractivity contribution in [1.82, 2.24) is 10.9 Å². The summed E-state index contributed by atoms with van der Waals surface area (Å²) in [6, 6.07) is 14.8. The number of hydrazine groups is 1. The molecular formula is C16H15FN2O2. The van der Waals surface area contributed by atoms with E-state index in [4.69, 9.17) is 0 Å². The van der Waals surface area contributed by atoms with Gasteiger partial charge in [-0.3, -0.25) is 20.4 Å². The van der Waals surface area contributed by atoms with Crippen LogP contribution in [-0.2, 0) is 11.2 Å². The molecule has 2 N–H and O–H groups in total. The Morgan fingerprint density at radius 3 is 2.29 bits per heavy atom. The molecule has 2 amide bonds. The SMILES string of the molecule is O=C(CCc1ccccc1F)NNC(=O)c1ccccc1. The fourth-order valence-electron chi connectivity index (χ4n) is 1.80.